The topological polar surface area (TPSA) is 56.3 Å². The average Bonchev–Trinajstić information content (AvgIpc) is 2.30. The van der Waals surface area contributed by atoms with Crippen LogP contribution in [0.15, 0.2) is 12.4 Å². The Balaban J connectivity index is 1.79. The number of nitrogens with one attached hydrogen (secondary N) is 1. The first-order valence-corrected chi connectivity index (χ1v) is 5.06. The third kappa shape index (κ3) is 3.14. The van der Waals surface area contributed by atoms with Gasteiger partial charge in [-0.05, 0) is 12.5 Å². The second-order valence-electron chi connectivity index (χ2n) is 3.53. The summed E-state index contributed by atoms with van der Waals surface area (Å²) in [4.78, 5) is 8.29. The lowest BCUT2D eigenvalue weighted by molar-refractivity contribution is -0.0819. The van der Waals surface area contributed by atoms with E-state index >= 15 is 0 Å². The highest BCUT2D eigenvalue weighted by Gasteiger charge is 2.13. The zero-order valence-corrected chi connectivity index (χ0v) is 8.77. The lowest BCUT2D eigenvalue weighted by atomic mass is 10.3. The Morgan fingerprint density at radius 1 is 1.40 bits per heavy atom. The maximum absolute atomic E-state index is 5.48. The van der Waals surface area contributed by atoms with Crippen LogP contribution in [0, 0.1) is 6.92 Å². The third-order valence-electron chi connectivity index (χ3n) is 2.15. The van der Waals surface area contributed by atoms with Crippen molar-refractivity contribution >= 4 is 5.95 Å². The smallest absolute Gasteiger partial charge is 0.222 e. The molecule has 1 aromatic rings. The highest BCUT2D eigenvalue weighted by Crippen LogP contribution is 2.03. The van der Waals surface area contributed by atoms with Crippen LogP contribution in [0.25, 0.3) is 0 Å². The molecule has 0 aliphatic carbocycles. The van der Waals surface area contributed by atoms with Crippen molar-refractivity contribution in [2.75, 3.05) is 31.7 Å². The standard InChI is InChI=1S/C10H15N3O2/c1-8-4-11-10(12-5-8)13-6-9-7-14-2-3-15-9/h4-5,9H,2-3,6-7H2,1H3,(H,11,12,13). The molecule has 15 heavy (non-hydrogen) atoms. The molecule has 1 N–H and O–H groups in total. The van der Waals surface area contributed by atoms with Gasteiger partial charge in [-0.3, -0.25) is 0 Å². The minimum absolute atomic E-state index is 0.101. The molecule has 5 nitrogen and oxygen atoms in total. The van der Waals surface area contributed by atoms with Crippen molar-refractivity contribution in [1.82, 2.24) is 9.97 Å². The number of hydrogen-bond donors (Lipinski definition) is 1. The molecular formula is C10H15N3O2. The minimum Gasteiger partial charge on any atom is -0.376 e. The van der Waals surface area contributed by atoms with E-state index in [-0.39, 0.29) is 6.10 Å². The van der Waals surface area contributed by atoms with Crippen LogP contribution in [0.4, 0.5) is 5.95 Å². The summed E-state index contributed by atoms with van der Waals surface area (Å²) in [6.07, 6.45) is 3.67. The van der Waals surface area contributed by atoms with E-state index < -0.39 is 0 Å². The summed E-state index contributed by atoms with van der Waals surface area (Å²) in [6, 6.07) is 0. The van der Waals surface area contributed by atoms with Gasteiger partial charge in [0, 0.05) is 18.9 Å². The molecule has 0 bridgehead atoms. The molecule has 1 aliphatic rings. The van der Waals surface area contributed by atoms with Crippen molar-refractivity contribution in [3.8, 4) is 0 Å². The van der Waals surface area contributed by atoms with Gasteiger partial charge in [0.2, 0.25) is 5.95 Å². The summed E-state index contributed by atoms with van der Waals surface area (Å²) in [5.74, 6) is 0.634. The Bertz CT molecular complexity index is 296. The van der Waals surface area contributed by atoms with Gasteiger partial charge in [0.1, 0.15) is 0 Å². The maximum atomic E-state index is 5.48. The van der Waals surface area contributed by atoms with Gasteiger partial charge in [-0.2, -0.15) is 0 Å². The molecule has 0 saturated carbocycles. The van der Waals surface area contributed by atoms with Crippen molar-refractivity contribution in [3.05, 3.63) is 18.0 Å². The van der Waals surface area contributed by atoms with Crippen LogP contribution in [-0.2, 0) is 9.47 Å². The fourth-order valence-electron chi connectivity index (χ4n) is 1.34. The Morgan fingerprint density at radius 2 is 2.20 bits per heavy atom. The molecular weight excluding hydrogens is 194 g/mol. The maximum Gasteiger partial charge on any atom is 0.222 e. The van der Waals surface area contributed by atoms with Crippen LogP contribution in [0.1, 0.15) is 5.56 Å². The van der Waals surface area contributed by atoms with Crippen molar-refractivity contribution < 1.29 is 9.47 Å². The fourth-order valence-corrected chi connectivity index (χ4v) is 1.34. The van der Waals surface area contributed by atoms with Gasteiger partial charge in [-0.25, -0.2) is 9.97 Å². The Kier molecular flexibility index (Phi) is 3.47. The SMILES string of the molecule is Cc1cnc(NCC2COCCO2)nc1. The molecule has 82 valence electrons. The van der Waals surface area contributed by atoms with Crippen LogP contribution >= 0.6 is 0 Å². The molecule has 1 atom stereocenters. The van der Waals surface area contributed by atoms with Crippen molar-refractivity contribution in [1.29, 1.82) is 0 Å². The third-order valence-corrected chi connectivity index (χ3v) is 2.15. The monoisotopic (exact) mass is 209 g/mol. The van der Waals surface area contributed by atoms with Crippen molar-refractivity contribution in [3.63, 3.8) is 0 Å². The first-order valence-electron chi connectivity index (χ1n) is 5.06. The summed E-state index contributed by atoms with van der Waals surface area (Å²) in [6.45, 7) is 4.64. The van der Waals surface area contributed by atoms with Gasteiger partial charge < -0.3 is 14.8 Å². The van der Waals surface area contributed by atoms with Crippen LogP contribution < -0.4 is 5.32 Å². The zero-order chi connectivity index (χ0) is 10.5. The second kappa shape index (κ2) is 5.04. The van der Waals surface area contributed by atoms with E-state index in [1.807, 2.05) is 6.92 Å². The van der Waals surface area contributed by atoms with Crippen molar-refractivity contribution in [2.45, 2.75) is 13.0 Å². The first kappa shape index (κ1) is 10.3. The van der Waals surface area contributed by atoms with Gasteiger partial charge in [-0.1, -0.05) is 0 Å². The molecule has 1 unspecified atom stereocenters. The number of hydrogen-bond acceptors (Lipinski definition) is 5. The van der Waals surface area contributed by atoms with Gasteiger partial charge in [-0.15, -0.1) is 0 Å². The summed E-state index contributed by atoms with van der Waals surface area (Å²) < 4.78 is 10.8. The molecule has 1 aromatic heterocycles. The summed E-state index contributed by atoms with van der Waals surface area (Å²) in [5, 5.41) is 3.11. The number of rotatable bonds is 3. The molecule has 1 saturated heterocycles. The number of anilines is 1. The normalized spacial score (nSPS) is 21.3. The van der Waals surface area contributed by atoms with E-state index in [0.717, 1.165) is 5.56 Å². The number of ether oxygens (including phenoxy) is 2. The van der Waals surface area contributed by atoms with Crippen LogP contribution in [0.5, 0.6) is 0 Å². The molecule has 0 spiro atoms. The van der Waals surface area contributed by atoms with Crippen molar-refractivity contribution in [2.24, 2.45) is 0 Å². The predicted octanol–water partition coefficient (Wildman–Crippen LogP) is 0.612. The van der Waals surface area contributed by atoms with E-state index in [2.05, 4.69) is 15.3 Å². The Hall–Kier alpha value is -1.20. The highest BCUT2D eigenvalue weighted by molar-refractivity contribution is 5.24. The van der Waals surface area contributed by atoms with E-state index in [9.17, 15) is 0 Å². The average molecular weight is 209 g/mol. The first-order chi connectivity index (χ1) is 7.34. The quantitative estimate of drug-likeness (QED) is 0.790. The molecule has 0 amide bonds. The minimum atomic E-state index is 0.101. The lowest BCUT2D eigenvalue weighted by Gasteiger charge is -2.22. The van der Waals surface area contributed by atoms with Crippen LogP contribution in [0.2, 0.25) is 0 Å². The fraction of sp³-hybridized carbons (Fsp3) is 0.600. The predicted molar refractivity (Wildman–Crippen MR) is 55.8 cm³/mol. The molecule has 2 heterocycles. The second-order valence-corrected chi connectivity index (χ2v) is 3.53. The Morgan fingerprint density at radius 3 is 2.87 bits per heavy atom. The van der Waals surface area contributed by atoms with Crippen LogP contribution in [0.3, 0.4) is 0 Å². The number of aromatic nitrogens is 2. The summed E-state index contributed by atoms with van der Waals surface area (Å²) >= 11 is 0. The molecule has 0 radical (unpaired) electrons. The molecule has 1 fully saturated rings. The van der Waals surface area contributed by atoms with E-state index in [4.69, 9.17) is 9.47 Å². The van der Waals surface area contributed by atoms with Gasteiger partial charge in [0.15, 0.2) is 0 Å². The molecule has 5 heteroatoms. The van der Waals surface area contributed by atoms with E-state index in [1.165, 1.54) is 0 Å². The number of aryl methyl sites for hydroxylation is 1. The van der Waals surface area contributed by atoms with E-state index in [0.29, 0.717) is 32.3 Å². The van der Waals surface area contributed by atoms with Gasteiger partial charge in [0.25, 0.3) is 0 Å². The summed E-state index contributed by atoms with van der Waals surface area (Å²) in [7, 11) is 0. The molecule has 1 aliphatic heterocycles. The largest absolute Gasteiger partial charge is 0.376 e. The summed E-state index contributed by atoms with van der Waals surface area (Å²) in [5.41, 5.74) is 1.05. The lowest BCUT2D eigenvalue weighted by Crippen LogP contribution is -2.34. The van der Waals surface area contributed by atoms with Crippen LogP contribution in [-0.4, -0.2) is 42.4 Å². The highest BCUT2D eigenvalue weighted by atomic mass is 16.6. The Labute approximate surface area is 88.8 Å². The molecule has 0 aromatic carbocycles. The number of nitrogens with zero attached hydrogens (tertiary/aromatic N) is 2. The zero-order valence-electron chi connectivity index (χ0n) is 8.77. The van der Waals surface area contributed by atoms with Gasteiger partial charge in [0.05, 0.1) is 25.9 Å². The van der Waals surface area contributed by atoms with Gasteiger partial charge >= 0.3 is 0 Å². The van der Waals surface area contributed by atoms with E-state index in [1.54, 1.807) is 12.4 Å². The molecule has 2 rings (SSSR count).